The lowest BCUT2D eigenvalue weighted by Crippen LogP contribution is -2.30. The summed E-state index contributed by atoms with van der Waals surface area (Å²) in [7, 11) is 0. The van der Waals surface area contributed by atoms with Crippen molar-refractivity contribution in [2.45, 2.75) is 97.9 Å². The van der Waals surface area contributed by atoms with Gasteiger partial charge in [0.1, 0.15) is 0 Å². The Balaban J connectivity index is 3.80. The Morgan fingerprint density at radius 1 is 0.913 bits per heavy atom. The standard InChI is InChI=1S/C18H34O5/c1-6-8-9-10-11-14-21-15(19)12-13-16(20)22-17(7-2)23-18(3,4)5/h17H,6-14H2,1-5H3. The Kier molecular flexibility index (Phi) is 11.7. The van der Waals surface area contributed by atoms with E-state index in [1.165, 1.54) is 19.3 Å². The second-order valence-corrected chi connectivity index (χ2v) is 6.69. The van der Waals surface area contributed by atoms with Gasteiger partial charge in [0.15, 0.2) is 0 Å². The first-order valence-corrected chi connectivity index (χ1v) is 8.81. The highest BCUT2D eigenvalue weighted by molar-refractivity contribution is 5.77. The Hall–Kier alpha value is -1.10. The van der Waals surface area contributed by atoms with Gasteiger partial charge in [-0.25, -0.2) is 0 Å². The summed E-state index contributed by atoms with van der Waals surface area (Å²) in [5.41, 5.74) is -0.377. The minimum atomic E-state index is -0.572. The van der Waals surface area contributed by atoms with Crippen LogP contribution in [-0.4, -0.2) is 30.4 Å². The van der Waals surface area contributed by atoms with Gasteiger partial charge in [0.25, 0.3) is 0 Å². The van der Waals surface area contributed by atoms with Crippen LogP contribution >= 0.6 is 0 Å². The van der Waals surface area contributed by atoms with E-state index in [2.05, 4.69) is 6.92 Å². The SMILES string of the molecule is CCCCCCCOC(=O)CCC(=O)OC(CC)OC(C)(C)C. The molecule has 0 aliphatic heterocycles. The van der Waals surface area contributed by atoms with Crippen LogP contribution in [0.2, 0.25) is 0 Å². The van der Waals surface area contributed by atoms with E-state index in [1.807, 2.05) is 27.7 Å². The van der Waals surface area contributed by atoms with E-state index in [0.29, 0.717) is 13.0 Å². The lowest BCUT2D eigenvalue weighted by Gasteiger charge is -2.26. The number of unbranched alkanes of at least 4 members (excludes halogenated alkanes) is 4. The van der Waals surface area contributed by atoms with Crippen LogP contribution in [-0.2, 0) is 23.8 Å². The van der Waals surface area contributed by atoms with E-state index in [1.54, 1.807) is 0 Å². The maximum Gasteiger partial charge on any atom is 0.308 e. The molecule has 0 saturated carbocycles. The maximum absolute atomic E-state index is 11.7. The van der Waals surface area contributed by atoms with Crippen molar-refractivity contribution in [2.75, 3.05) is 6.61 Å². The molecule has 5 heteroatoms. The van der Waals surface area contributed by atoms with Gasteiger partial charge >= 0.3 is 11.9 Å². The molecule has 0 amide bonds. The van der Waals surface area contributed by atoms with Crippen molar-refractivity contribution < 1.29 is 23.8 Å². The molecule has 0 aromatic heterocycles. The Labute approximate surface area is 141 Å². The van der Waals surface area contributed by atoms with Crippen molar-refractivity contribution in [1.29, 1.82) is 0 Å². The van der Waals surface area contributed by atoms with Crippen molar-refractivity contribution in [3.05, 3.63) is 0 Å². The molecule has 0 aliphatic rings. The summed E-state index contributed by atoms with van der Waals surface area (Å²) >= 11 is 0. The van der Waals surface area contributed by atoms with E-state index in [0.717, 1.165) is 12.8 Å². The van der Waals surface area contributed by atoms with Crippen molar-refractivity contribution in [1.82, 2.24) is 0 Å². The molecule has 0 saturated heterocycles. The van der Waals surface area contributed by atoms with Crippen LogP contribution in [0.1, 0.15) is 86.0 Å². The normalized spacial score (nSPS) is 12.7. The van der Waals surface area contributed by atoms with E-state index < -0.39 is 12.3 Å². The molecular formula is C18H34O5. The monoisotopic (exact) mass is 330 g/mol. The van der Waals surface area contributed by atoms with Crippen molar-refractivity contribution in [3.8, 4) is 0 Å². The van der Waals surface area contributed by atoms with Crippen LogP contribution in [0.4, 0.5) is 0 Å². The second-order valence-electron chi connectivity index (χ2n) is 6.69. The predicted octanol–water partition coefficient (Wildman–Crippen LogP) is 4.37. The summed E-state index contributed by atoms with van der Waals surface area (Å²) < 4.78 is 16.0. The average Bonchev–Trinajstić information content (AvgIpc) is 2.46. The highest BCUT2D eigenvalue weighted by Crippen LogP contribution is 2.15. The van der Waals surface area contributed by atoms with Crippen LogP contribution in [0.25, 0.3) is 0 Å². The Morgan fingerprint density at radius 2 is 1.52 bits per heavy atom. The molecular weight excluding hydrogens is 296 g/mol. The third kappa shape index (κ3) is 14.2. The summed E-state index contributed by atoms with van der Waals surface area (Å²) in [5, 5.41) is 0. The smallest absolute Gasteiger partial charge is 0.308 e. The van der Waals surface area contributed by atoms with Crippen molar-refractivity contribution in [3.63, 3.8) is 0 Å². The van der Waals surface area contributed by atoms with Gasteiger partial charge in [-0.2, -0.15) is 0 Å². The molecule has 0 rings (SSSR count). The number of ether oxygens (including phenoxy) is 3. The number of carbonyl (C=O) groups is 2. The fourth-order valence-corrected chi connectivity index (χ4v) is 1.96. The Bertz CT molecular complexity index is 333. The lowest BCUT2D eigenvalue weighted by atomic mass is 10.2. The summed E-state index contributed by atoms with van der Waals surface area (Å²) in [6.45, 7) is 10.2. The molecule has 1 unspecified atom stereocenters. The fourth-order valence-electron chi connectivity index (χ4n) is 1.96. The van der Waals surface area contributed by atoms with Crippen LogP contribution < -0.4 is 0 Å². The predicted molar refractivity (Wildman–Crippen MR) is 90.0 cm³/mol. The molecule has 0 aliphatic carbocycles. The molecule has 0 heterocycles. The lowest BCUT2D eigenvalue weighted by molar-refractivity contribution is -0.204. The van der Waals surface area contributed by atoms with Gasteiger partial charge < -0.3 is 14.2 Å². The largest absolute Gasteiger partial charge is 0.466 e. The molecule has 1 atom stereocenters. The topological polar surface area (TPSA) is 61.8 Å². The zero-order valence-electron chi connectivity index (χ0n) is 15.5. The van der Waals surface area contributed by atoms with Crippen molar-refractivity contribution >= 4 is 11.9 Å². The van der Waals surface area contributed by atoms with Crippen molar-refractivity contribution in [2.24, 2.45) is 0 Å². The summed E-state index contributed by atoms with van der Waals surface area (Å²) in [4.78, 5) is 23.3. The fraction of sp³-hybridized carbons (Fsp3) is 0.889. The van der Waals surface area contributed by atoms with E-state index >= 15 is 0 Å². The number of hydrogen-bond donors (Lipinski definition) is 0. The van der Waals surface area contributed by atoms with Gasteiger partial charge in [0.2, 0.25) is 6.29 Å². The van der Waals surface area contributed by atoms with E-state index in [4.69, 9.17) is 14.2 Å². The van der Waals surface area contributed by atoms with Crippen LogP contribution in [0.5, 0.6) is 0 Å². The third-order valence-electron chi connectivity index (χ3n) is 3.13. The van der Waals surface area contributed by atoms with Gasteiger partial charge in [-0.05, 0) is 27.2 Å². The zero-order valence-corrected chi connectivity index (χ0v) is 15.5. The first-order valence-electron chi connectivity index (χ1n) is 8.81. The molecule has 0 spiro atoms. The maximum atomic E-state index is 11.7. The van der Waals surface area contributed by atoms with Gasteiger partial charge in [-0.1, -0.05) is 39.5 Å². The summed E-state index contributed by atoms with van der Waals surface area (Å²) in [6, 6.07) is 0. The van der Waals surface area contributed by atoms with Gasteiger partial charge in [0.05, 0.1) is 25.0 Å². The minimum Gasteiger partial charge on any atom is -0.466 e. The molecule has 0 N–H and O–H groups in total. The molecule has 136 valence electrons. The Morgan fingerprint density at radius 3 is 2.09 bits per heavy atom. The average molecular weight is 330 g/mol. The molecule has 23 heavy (non-hydrogen) atoms. The molecule has 0 aromatic carbocycles. The first-order chi connectivity index (χ1) is 10.8. The van der Waals surface area contributed by atoms with E-state index in [9.17, 15) is 9.59 Å². The summed E-state index contributed by atoms with van der Waals surface area (Å²) in [5.74, 6) is -0.775. The number of rotatable bonds is 12. The highest BCUT2D eigenvalue weighted by atomic mass is 16.7. The van der Waals surface area contributed by atoms with Crippen LogP contribution in [0.3, 0.4) is 0 Å². The number of carbonyl (C=O) groups excluding carboxylic acids is 2. The van der Waals surface area contributed by atoms with Gasteiger partial charge in [0, 0.05) is 6.42 Å². The quantitative estimate of drug-likeness (QED) is 0.302. The molecule has 0 bridgehead atoms. The second kappa shape index (κ2) is 12.3. The molecule has 5 nitrogen and oxygen atoms in total. The van der Waals surface area contributed by atoms with Crippen LogP contribution in [0.15, 0.2) is 0 Å². The first kappa shape index (κ1) is 21.9. The molecule has 0 radical (unpaired) electrons. The van der Waals surface area contributed by atoms with Gasteiger partial charge in [-0.3, -0.25) is 9.59 Å². The molecule has 0 aromatic rings. The number of hydrogen-bond acceptors (Lipinski definition) is 5. The van der Waals surface area contributed by atoms with Crippen LogP contribution in [0, 0.1) is 0 Å². The van der Waals surface area contributed by atoms with Gasteiger partial charge in [-0.15, -0.1) is 0 Å². The minimum absolute atomic E-state index is 0.0265. The van der Waals surface area contributed by atoms with E-state index in [-0.39, 0.29) is 24.4 Å². The highest BCUT2D eigenvalue weighted by Gasteiger charge is 2.21. The molecule has 0 fully saturated rings. The number of esters is 2. The third-order valence-corrected chi connectivity index (χ3v) is 3.13. The zero-order chi connectivity index (χ0) is 17.7. The summed E-state index contributed by atoms with van der Waals surface area (Å²) in [6.07, 6.45) is 5.63.